The summed E-state index contributed by atoms with van der Waals surface area (Å²) in [4.78, 5) is 16.2. The van der Waals surface area contributed by atoms with Crippen LogP contribution in [0.1, 0.15) is 71.3 Å². The molecule has 38 heavy (non-hydrogen) atoms. The molecular weight excluding hydrogens is 532 g/mol. The van der Waals surface area contributed by atoms with Gasteiger partial charge in [0, 0.05) is 55.4 Å². The molecule has 6 rings (SSSR count). The summed E-state index contributed by atoms with van der Waals surface area (Å²) in [5, 5.41) is 0. The van der Waals surface area contributed by atoms with Crippen molar-refractivity contribution >= 4 is 29.3 Å². The van der Waals surface area contributed by atoms with Gasteiger partial charge in [-0.15, -0.1) is 23.5 Å². The molecular formula is C27H30O9S2. The Morgan fingerprint density at radius 2 is 0.658 bits per heavy atom. The second-order valence-corrected chi connectivity index (χ2v) is 12.8. The van der Waals surface area contributed by atoms with E-state index in [9.17, 15) is 4.79 Å². The molecule has 0 fully saturated rings. The van der Waals surface area contributed by atoms with Gasteiger partial charge in [-0.05, 0) is 12.5 Å². The van der Waals surface area contributed by atoms with Crippen molar-refractivity contribution in [1.29, 1.82) is 0 Å². The van der Waals surface area contributed by atoms with Gasteiger partial charge in [-0.2, -0.15) is 0 Å². The van der Waals surface area contributed by atoms with E-state index in [4.69, 9.17) is 37.9 Å². The molecule has 11 heteroatoms. The average molecular weight is 563 g/mol. The van der Waals surface area contributed by atoms with E-state index >= 15 is 0 Å². The van der Waals surface area contributed by atoms with Crippen molar-refractivity contribution in [2.24, 2.45) is 0 Å². The molecule has 0 aromatic heterocycles. The molecule has 0 bridgehead atoms. The highest BCUT2D eigenvalue weighted by Crippen LogP contribution is 2.64. The fourth-order valence-electron chi connectivity index (χ4n) is 5.00. The molecule has 0 spiro atoms. The lowest BCUT2D eigenvalue weighted by molar-refractivity contribution is -0.0510. The minimum absolute atomic E-state index is 0.159. The first-order valence-corrected chi connectivity index (χ1v) is 14.6. The van der Waals surface area contributed by atoms with Crippen molar-refractivity contribution in [1.82, 2.24) is 0 Å². The van der Waals surface area contributed by atoms with Crippen LogP contribution in [-0.2, 0) is 0 Å². The Kier molecular flexibility index (Phi) is 5.13. The summed E-state index contributed by atoms with van der Waals surface area (Å²) >= 11 is 2.86. The molecule has 0 saturated heterocycles. The van der Waals surface area contributed by atoms with Crippen LogP contribution >= 0.6 is 23.5 Å². The molecule has 0 N–H and O–H groups in total. The largest absolute Gasteiger partial charge is 0.448 e. The summed E-state index contributed by atoms with van der Waals surface area (Å²) in [7, 11) is 0. The van der Waals surface area contributed by atoms with Crippen LogP contribution in [0.25, 0.3) is 0 Å². The van der Waals surface area contributed by atoms with Crippen molar-refractivity contribution in [2.45, 2.75) is 88.3 Å². The van der Waals surface area contributed by atoms with Crippen LogP contribution in [0, 0.1) is 0 Å². The minimum Gasteiger partial charge on any atom is -0.448 e. The fourth-order valence-corrected chi connectivity index (χ4v) is 6.28. The van der Waals surface area contributed by atoms with Crippen LogP contribution in [-0.4, -0.2) is 41.4 Å². The quantitative estimate of drug-likeness (QED) is 0.307. The second-order valence-electron chi connectivity index (χ2n) is 11.2. The summed E-state index contributed by atoms with van der Waals surface area (Å²) in [6.07, 6.45) is 3.81. The smallest absolute Gasteiger partial charge is 0.246 e. The summed E-state index contributed by atoms with van der Waals surface area (Å²) in [5.41, 5.74) is 0.318. The van der Waals surface area contributed by atoms with Crippen LogP contribution in [0.5, 0.6) is 46.0 Å². The predicted molar refractivity (Wildman–Crippen MR) is 141 cm³/mol. The van der Waals surface area contributed by atoms with Gasteiger partial charge >= 0.3 is 0 Å². The monoisotopic (exact) mass is 562 g/mol. The van der Waals surface area contributed by atoms with Crippen LogP contribution in [0.15, 0.2) is 9.79 Å². The first-order chi connectivity index (χ1) is 17.6. The van der Waals surface area contributed by atoms with Gasteiger partial charge in [0.2, 0.25) is 28.9 Å². The average Bonchev–Trinajstić information content (AvgIpc) is 3.46. The first kappa shape index (κ1) is 25.5. The minimum atomic E-state index is -1.01. The molecule has 4 aliphatic heterocycles. The van der Waals surface area contributed by atoms with Crippen LogP contribution in [0.2, 0.25) is 0 Å². The maximum absolute atomic E-state index is 14.8. The van der Waals surface area contributed by atoms with Crippen molar-refractivity contribution in [3.05, 3.63) is 11.1 Å². The normalized spacial score (nSPS) is 21.1. The molecule has 9 nitrogen and oxygen atoms in total. The number of thioether (sulfide) groups is 2. The summed E-state index contributed by atoms with van der Waals surface area (Å²) in [6.45, 7) is 14.3. The molecule has 0 aliphatic carbocycles. The topological polar surface area (TPSA) is 90.9 Å². The molecule has 0 radical (unpaired) electrons. The third-order valence-electron chi connectivity index (χ3n) is 6.20. The van der Waals surface area contributed by atoms with E-state index in [1.54, 1.807) is 55.4 Å². The molecule has 0 atom stereocenters. The van der Waals surface area contributed by atoms with E-state index < -0.39 is 28.9 Å². The first-order valence-electron chi connectivity index (χ1n) is 12.2. The molecule has 0 unspecified atom stereocenters. The summed E-state index contributed by atoms with van der Waals surface area (Å²) in [6, 6.07) is 0. The van der Waals surface area contributed by atoms with E-state index in [0.717, 1.165) is 0 Å². The zero-order valence-electron chi connectivity index (χ0n) is 23.0. The van der Waals surface area contributed by atoms with Gasteiger partial charge < -0.3 is 37.9 Å². The molecule has 0 amide bonds. The van der Waals surface area contributed by atoms with Gasteiger partial charge in [-0.1, -0.05) is 0 Å². The SMILES string of the molecule is CSc1c2c(c(C(=O)c3c4c(c(SC)c5c3OC(C)(C)O5)OC(C)(C)O4)c3c1OC(C)(C)O3)OC(C)(C)O2. The van der Waals surface area contributed by atoms with E-state index in [1.807, 2.05) is 12.5 Å². The van der Waals surface area contributed by atoms with Crippen LogP contribution in [0.3, 0.4) is 0 Å². The fraction of sp³-hybridized carbons (Fsp3) is 0.519. The Bertz CT molecular complexity index is 1230. The zero-order chi connectivity index (χ0) is 27.6. The lowest BCUT2D eigenvalue weighted by Gasteiger charge is -2.19. The van der Waals surface area contributed by atoms with Crippen molar-refractivity contribution in [3.8, 4) is 46.0 Å². The number of carbonyl (C=O) groups is 1. The number of ether oxygens (including phenoxy) is 8. The highest BCUT2D eigenvalue weighted by molar-refractivity contribution is 7.99. The second kappa shape index (κ2) is 7.65. The standard InChI is InChI=1S/C27H30O9S2/c1-24(2)29-14-11(15-19(34-25(3,4)30-15)22(37-9)18(14)33-24)13(28)12-16-20(35-26(5,6)31-16)23(38-10)21-17(12)32-27(7,8)36-21/h1-10H3. The molecule has 4 aliphatic rings. The summed E-state index contributed by atoms with van der Waals surface area (Å²) in [5.74, 6) is -1.69. The van der Waals surface area contributed by atoms with Crippen molar-refractivity contribution in [2.75, 3.05) is 12.5 Å². The van der Waals surface area contributed by atoms with Gasteiger partial charge in [0.1, 0.15) is 11.1 Å². The molecule has 4 heterocycles. The van der Waals surface area contributed by atoms with E-state index in [1.165, 1.54) is 23.5 Å². The maximum Gasteiger partial charge on any atom is 0.246 e. The van der Waals surface area contributed by atoms with Crippen LogP contribution in [0.4, 0.5) is 0 Å². The summed E-state index contributed by atoms with van der Waals surface area (Å²) < 4.78 is 49.6. The number of hydrogen-bond donors (Lipinski definition) is 0. The van der Waals surface area contributed by atoms with Gasteiger partial charge in [0.25, 0.3) is 0 Å². The van der Waals surface area contributed by atoms with Gasteiger partial charge in [-0.3, -0.25) is 4.79 Å². The maximum atomic E-state index is 14.8. The van der Waals surface area contributed by atoms with Gasteiger partial charge in [0.15, 0.2) is 46.0 Å². The lowest BCUT2D eigenvalue weighted by Crippen LogP contribution is -2.31. The number of ketones is 1. The Hall–Kier alpha value is -2.79. The number of carbonyl (C=O) groups excluding carboxylic acids is 1. The molecule has 2 aromatic rings. The Labute approximate surface area is 229 Å². The molecule has 0 saturated carbocycles. The van der Waals surface area contributed by atoms with Crippen molar-refractivity contribution < 1.29 is 42.7 Å². The highest BCUT2D eigenvalue weighted by atomic mass is 32.2. The van der Waals surface area contributed by atoms with Gasteiger partial charge in [-0.25, -0.2) is 0 Å². The molecule has 204 valence electrons. The third-order valence-corrected chi connectivity index (χ3v) is 7.76. The number of benzene rings is 2. The number of rotatable bonds is 4. The Morgan fingerprint density at radius 3 is 0.868 bits per heavy atom. The number of hydrogen-bond acceptors (Lipinski definition) is 11. The Balaban J connectivity index is 1.66. The predicted octanol–water partition coefficient (Wildman–Crippen LogP) is 6.39. The van der Waals surface area contributed by atoms with E-state index in [0.29, 0.717) is 32.8 Å². The number of fused-ring (bicyclic) bond motifs is 4. The van der Waals surface area contributed by atoms with Crippen LogP contribution < -0.4 is 37.9 Å². The zero-order valence-corrected chi connectivity index (χ0v) is 24.6. The van der Waals surface area contributed by atoms with E-state index in [2.05, 4.69) is 0 Å². The van der Waals surface area contributed by atoms with E-state index in [-0.39, 0.29) is 34.1 Å². The molecule has 2 aromatic carbocycles. The Morgan fingerprint density at radius 1 is 0.447 bits per heavy atom. The lowest BCUT2D eigenvalue weighted by atomic mass is 9.97. The van der Waals surface area contributed by atoms with Gasteiger partial charge in [0.05, 0.1) is 9.79 Å². The van der Waals surface area contributed by atoms with Crippen molar-refractivity contribution in [3.63, 3.8) is 0 Å². The third kappa shape index (κ3) is 3.65. The highest BCUT2D eigenvalue weighted by Gasteiger charge is 2.51.